The van der Waals surface area contributed by atoms with Crippen LogP contribution >= 0.6 is 0 Å². The third kappa shape index (κ3) is 5.60. The molecule has 0 radical (unpaired) electrons. The van der Waals surface area contributed by atoms with Crippen LogP contribution in [0, 0.1) is 12.7 Å². The van der Waals surface area contributed by atoms with Crippen molar-refractivity contribution in [2.45, 2.75) is 13.3 Å². The highest BCUT2D eigenvalue weighted by molar-refractivity contribution is 5.92. The number of nitrogens with zero attached hydrogens (tertiary/aromatic N) is 4. The number of carbonyl (C=O) groups is 1. The first-order valence-corrected chi connectivity index (χ1v) is 9.36. The van der Waals surface area contributed by atoms with Gasteiger partial charge in [-0.2, -0.15) is 20.1 Å². The monoisotopic (exact) mass is 419 g/mol. The molecule has 9 nitrogen and oxygen atoms in total. The number of aromatic amines is 1. The molecular formula is C21H18FN7O2. The Morgan fingerprint density at radius 3 is 2.71 bits per heavy atom. The third-order valence-electron chi connectivity index (χ3n) is 4.01. The van der Waals surface area contributed by atoms with E-state index in [1.165, 1.54) is 18.2 Å². The van der Waals surface area contributed by atoms with Crippen molar-refractivity contribution in [1.29, 1.82) is 0 Å². The molecule has 2 aromatic carbocycles. The van der Waals surface area contributed by atoms with Crippen LogP contribution < -0.4 is 15.4 Å². The molecule has 0 bridgehead atoms. The Kier molecular flexibility index (Phi) is 5.79. The van der Waals surface area contributed by atoms with E-state index in [2.05, 4.69) is 35.8 Å². The number of hydrogen-bond donors (Lipinski definition) is 3. The SMILES string of the molecule is Cc1nc(Nc2cc(CC(=O)Nc3cccc(F)c3)[nH]n2)nc(Oc2ccccc2)n1. The number of aryl methyl sites for hydroxylation is 1. The van der Waals surface area contributed by atoms with Crippen LogP contribution in [0.4, 0.5) is 21.8 Å². The minimum atomic E-state index is -0.422. The molecule has 0 saturated heterocycles. The smallest absolute Gasteiger partial charge is 0.327 e. The lowest BCUT2D eigenvalue weighted by molar-refractivity contribution is -0.115. The van der Waals surface area contributed by atoms with Crippen molar-refractivity contribution in [2.75, 3.05) is 10.6 Å². The predicted molar refractivity (Wildman–Crippen MR) is 112 cm³/mol. The molecule has 3 N–H and O–H groups in total. The number of benzene rings is 2. The number of H-pyrrole nitrogens is 1. The van der Waals surface area contributed by atoms with Gasteiger partial charge in [-0.05, 0) is 37.3 Å². The lowest BCUT2D eigenvalue weighted by atomic mass is 10.2. The summed E-state index contributed by atoms with van der Waals surface area (Å²) in [5.74, 6) is 1.01. The summed E-state index contributed by atoms with van der Waals surface area (Å²) in [5.41, 5.74) is 0.942. The number of nitrogens with one attached hydrogen (secondary N) is 3. The van der Waals surface area contributed by atoms with E-state index in [4.69, 9.17) is 4.74 Å². The van der Waals surface area contributed by atoms with Gasteiger partial charge in [0.05, 0.1) is 6.42 Å². The van der Waals surface area contributed by atoms with Gasteiger partial charge in [0.2, 0.25) is 11.9 Å². The molecule has 156 valence electrons. The number of para-hydroxylation sites is 1. The van der Waals surface area contributed by atoms with Gasteiger partial charge in [0, 0.05) is 17.4 Å². The predicted octanol–water partition coefficient (Wildman–Crippen LogP) is 3.76. The molecule has 0 fully saturated rings. The van der Waals surface area contributed by atoms with Gasteiger partial charge in [0.25, 0.3) is 0 Å². The van der Waals surface area contributed by atoms with E-state index in [0.717, 1.165) is 0 Å². The summed E-state index contributed by atoms with van der Waals surface area (Å²) in [6.07, 6.45) is 0.0315. The lowest BCUT2D eigenvalue weighted by Gasteiger charge is -2.06. The average molecular weight is 419 g/mol. The Hall–Kier alpha value is -4.34. The number of hydrogen-bond acceptors (Lipinski definition) is 7. The molecule has 0 spiro atoms. The Morgan fingerprint density at radius 1 is 1.06 bits per heavy atom. The topological polar surface area (TPSA) is 118 Å². The van der Waals surface area contributed by atoms with Crippen LogP contribution in [-0.2, 0) is 11.2 Å². The molecule has 0 aliphatic carbocycles. The highest BCUT2D eigenvalue weighted by Gasteiger charge is 2.11. The normalized spacial score (nSPS) is 10.5. The standard InChI is InChI=1S/C21H18FN7O2/c1-13-23-20(27-21(24-13)31-17-8-3-2-4-9-17)26-18-11-16(28-29-18)12-19(30)25-15-7-5-6-14(22)10-15/h2-11H,12H2,1H3,(H,25,30)(H2,23,24,26,27,28,29). The molecule has 31 heavy (non-hydrogen) atoms. The zero-order valence-corrected chi connectivity index (χ0v) is 16.5. The molecule has 0 saturated carbocycles. The van der Waals surface area contributed by atoms with Crippen LogP contribution in [0.2, 0.25) is 0 Å². The third-order valence-corrected chi connectivity index (χ3v) is 4.01. The van der Waals surface area contributed by atoms with Crippen molar-refractivity contribution < 1.29 is 13.9 Å². The van der Waals surface area contributed by atoms with Gasteiger partial charge in [-0.3, -0.25) is 9.89 Å². The number of carbonyl (C=O) groups excluding carboxylic acids is 1. The molecule has 2 aromatic heterocycles. The van der Waals surface area contributed by atoms with Crippen molar-refractivity contribution in [2.24, 2.45) is 0 Å². The fourth-order valence-corrected chi connectivity index (χ4v) is 2.73. The van der Waals surface area contributed by atoms with E-state index < -0.39 is 5.82 Å². The number of aromatic nitrogens is 5. The van der Waals surface area contributed by atoms with Gasteiger partial charge in [0.1, 0.15) is 17.4 Å². The van der Waals surface area contributed by atoms with Crippen LogP contribution in [0.1, 0.15) is 11.5 Å². The molecular weight excluding hydrogens is 401 g/mol. The van der Waals surface area contributed by atoms with E-state index in [1.807, 2.05) is 18.2 Å². The lowest BCUT2D eigenvalue weighted by Crippen LogP contribution is -2.14. The Bertz CT molecular complexity index is 1200. The van der Waals surface area contributed by atoms with Gasteiger partial charge in [-0.1, -0.05) is 24.3 Å². The zero-order valence-electron chi connectivity index (χ0n) is 16.5. The number of anilines is 3. The van der Waals surface area contributed by atoms with Crippen LogP contribution in [-0.4, -0.2) is 31.1 Å². The molecule has 1 amide bonds. The van der Waals surface area contributed by atoms with Gasteiger partial charge in [0.15, 0.2) is 5.82 Å². The summed E-state index contributed by atoms with van der Waals surface area (Å²) in [6, 6.07) is 16.6. The highest BCUT2D eigenvalue weighted by atomic mass is 19.1. The molecule has 0 atom stereocenters. The van der Waals surface area contributed by atoms with Crippen LogP contribution in [0.25, 0.3) is 0 Å². The van der Waals surface area contributed by atoms with Crippen LogP contribution in [0.15, 0.2) is 60.7 Å². The zero-order chi connectivity index (χ0) is 21.6. The average Bonchev–Trinajstić information content (AvgIpc) is 3.14. The molecule has 2 heterocycles. The summed E-state index contributed by atoms with van der Waals surface area (Å²) >= 11 is 0. The van der Waals surface area contributed by atoms with Crippen LogP contribution in [0.5, 0.6) is 11.8 Å². The summed E-state index contributed by atoms with van der Waals surface area (Å²) < 4.78 is 18.9. The fourth-order valence-electron chi connectivity index (χ4n) is 2.73. The molecule has 0 aliphatic rings. The molecule has 4 aromatic rings. The van der Waals surface area contributed by atoms with Crippen molar-refractivity contribution in [3.05, 3.63) is 78.0 Å². The maximum Gasteiger partial charge on any atom is 0.327 e. The van der Waals surface area contributed by atoms with E-state index >= 15 is 0 Å². The second-order valence-electron chi connectivity index (χ2n) is 6.54. The van der Waals surface area contributed by atoms with Gasteiger partial charge in [-0.25, -0.2) is 4.39 Å². The summed E-state index contributed by atoms with van der Waals surface area (Å²) in [5, 5.41) is 12.5. The maximum absolute atomic E-state index is 13.2. The quantitative estimate of drug-likeness (QED) is 0.417. The maximum atomic E-state index is 13.2. The number of halogens is 1. The van der Waals surface area contributed by atoms with Crippen molar-refractivity contribution in [3.8, 4) is 11.8 Å². The van der Waals surface area contributed by atoms with Gasteiger partial charge in [-0.15, -0.1) is 0 Å². The molecule has 4 rings (SSSR count). The second-order valence-corrected chi connectivity index (χ2v) is 6.54. The Balaban J connectivity index is 1.40. The summed E-state index contributed by atoms with van der Waals surface area (Å²) in [7, 11) is 0. The first-order chi connectivity index (χ1) is 15.0. The van der Waals surface area contributed by atoms with E-state index in [1.54, 1.807) is 31.2 Å². The largest absolute Gasteiger partial charge is 0.424 e. The number of ether oxygens (including phenoxy) is 1. The Morgan fingerprint density at radius 2 is 1.90 bits per heavy atom. The van der Waals surface area contributed by atoms with Crippen LogP contribution in [0.3, 0.4) is 0 Å². The minimum absolute atomic E-state index is 0.0315. The molecule has 0 aliphatic heterocycles. The first kappa shape index (κ1) is 20.0. The van der Waals surface area contributed by atoms with Crippen molar-refractivity contribution in [3.63, 3.8) is 0 Å². The summed E-state index contributed by atoms with van der Waals surface area (Å²) in [6.45, 7) is 1.72. The van der Waals surface area contributed by atoms with Gasteiger partial charge < -0.3 is 15.4 Å². The van der Waals surface area contributed by atoms with E-state index in [-0.39, 0.29) is 24.3 Å². The number of amides is 1. The number of rotatable bonds is 7. The highest BCUT2D eigenvalue weighted by Crippen LogP contribution is 2.19. The van der Waals surface area contributed by atoms with E-state index in [9.17, 15) is 9.18 Å². The fraction of sp³-hybridized carbons (Fsp3) is 0.0952. The minimum Gasteiger partial charge on any atom is -0.424 e. The summed E-state index contributed by atoms with van der Waals surface area (Å²) in [4.78, 5) is 24.8. The molecule has 10 heteroatoms. The van der Waals surface area contributed by atoms with Gasteiger partial charge >= 0.3 is 6.01 Å². The first-order valence-electron chi connectivity index (χ1n) is 9.36. The Labute approximate surface area is 176 Å². The second kappa shape index (κ2) is 8.99. The van der Waals surface area contributed by atoms with E-state index in [0.29, 0.717) is 28.8 Å². The van der Waals surface area contributed by atoms with Crippen molar-refractivity contribution >= 4 is 23.4 Å². The van der Waals surface area contributed by atoms with Crippen molar-refractivity contribution in [1.82, 2.24) is 25.1 Å². The molecule has 0 unspecified atom stereocenters.